The van der Waals surface area contributed by atoms with Crippen molar-refractivity contribution in [3.05, 3.63) is 34.9 Å². The van der Waals surface area contributed by atoms with Crippen molar-refractivity contribution in [2.45, 2.75) is 40.2 Å². The van der Waals surface area contributed by atoms with E-state index in [-0.39, 0.29) is 11.9 Å². The molecule has 1 rings (SSSR count). The summed E-state index contributed by atoms with van der Waals surface area (Å²) in [5.41, 5.74) is 7.94. The Kier molecular flexibility index (Phi) is 6.27. The minimum Gasteiger partial charge on any atom is -0.349 e. The highest BCUT2D eigenvalue weighted by molar-refractivity contribution is 5.94. The lowest BCUT2D eigenvalue weighted by molar-refractivity contribution is 0.0928. The van der Waals surface area contributed by atoms with Crippen LogP contribution in [0.25, 0.3) is 0 Å². The van der Waals surface area contributed by atoms with E-state index in [1.165, 1.54) is 0 Å². The average molecular weight is 272 g/mol. The Hall–Kier alpha value is -1.79. The second-order valence-corrected chi connectivity index (χ2v) is 5.18. The number of hydrogen-bond donors (Lipinski definition) is 2. The van der Waals surface area contributed by atoms with E-state index in [9.17, 15) is 4.79 Å². The van der Waals surface area contributed by atoms with Crippen molar-refractivity contribution in [1.29, 1.82) is 0 Å². The molecule has 0 aromatic heterocycles. The molecule has 3 heteroatoms. The van der Waals surface area contributed by atoms with Crippen molar-refractivity contribution in [1.82, 2.24) is 5.32 Å². The molecule has 108 valence electrons. The Morgan fingerprint density at radius 1 is 1.40 bits per heavy atom. The van der Waals surface area contributed by atoms with E-state index in [0.717, 1.165) is 17.5 Å². The fraction of sp³-hybridized carbons (Fsp3) is 0.471. The van der Waals surface area contributed by atoms with Crippen LogP contribution in [0.5, 0.6) is 0 Å². The van der Waals surface area contributed by atoms with Gasteiger partial charge in [-0.2, -0.15) is 0 Å². The summed E-state index contributed by atoms with van der Waals surface area (Å²) in [6.07, 6.45) is 1.04. The summed E-state index contributed by atoms with van der Waals surface area (Å²) in [7, 11) is 0. The molecule has 0 spiro atoms. The summed E-state index contributed by atoms with van der Waals surface area (Å²) < 4.78 is 0. The monoisotopic (exact) mass is 272 g/mol. The summed E-state index contributed by atoms with van der Waals surface area (Å²) >= 11 is 0. The zero-order valence-corrected chi connectivity index (χ0v) is 12.8. The van der Waals surface area contributed by atoms with Gasteiger partial charge in [0.15, 0.2) is 0 Å². The maximum Gasteiger partial charge on any atom is 0.251 e. The van der Waals surface area contributed by atoms with Gasteiger partial charge in [-0.3, -0.25) is 4.79 Å². The van der Waals surface area contributed by atoms with Gasteiger partial charge in [-0.15, -0.1) is 0 Å². The van der Waals surface area contributed by atoms with Gasteiger partial charge in [0.1, 0.15) is 0 Å². The smallest absolute Gasteiger partial charge is 0.251 e. The van der Waals surface area contributed by atoms with Crippen LogP contribution in [-0.2, 0) is 0 Å². The fourth-order valence-electron chi connectivity index (χ4n) is 1.83. The standard InChI is InChI=1S/C17H24N2O/c1-5-12(2)14(4)19-17(20)16-9-8-13(3)15(11-16)7-6-10-18/h8-9,11-12,14H,5,10,18H2,1-4H3,(H,19,20). The van der Waals surface area contributed by atoms with Gasteiger partial charge in [-0.05, 0) is 37.5 Å². The summed E-state index contributed by atoms with van der Waals surface area (Å²) in [5, 5.41) is 3.04. The molecule has 0 aliphatic heterocycles. The molecule has 20 heavy (non-hydrogen) atoms. The Balaban J connectivity index is 2.89. The van der Waals surface area contributed by atoms with Gasteiger partial charge in [0.25, 0.3) is 5.91 Å². The molecule has 0 radical (unpaired) electrons. The number of nitrogens with one attached hydrogen (secondary N) is 1. The maximum atomic E-state index is 12.2. The number of nitrogens with two attached hydrogens (primary N) is 1. The molecule has 1 amide bonds. The molecule has 1 aromatic carbocycles. The van der Waals surface area contributed by atoms with Crippen LogP contribution in [0.2, 0.25) is 0 Å². The van der Waals surface area contributed by atoms with Crippen molar-refractivity contribution in [2.75, 3.05) is 6.54 Å². The number of carbonyl (C=O) groups is 1. The number of aryl methyl sites for hydroxylation is 1. The molecule has 1 aromatic rings. The van der Waals surface area contributed by atoms with E-state index in [1.54, 1.807) is 0 Å². The zero-order chi connectivity index (χ0) is 15.1. The second-order valence-electron chi connectivity index (χ2n) is 5.18. The third kappa shape index (κ3) is 4.40. The molecule has 2 atom stereocenters. The molecule has 0 aliphatic rings. The lowest BCUT2D eigenvalue weighted by Crippen LogP contribution is -2.36. The van der Waals surface area contributed by atoms with Crippen LogP contribution in [0, 0.1) is 24.7 Å². The number of amides is 1. The van der Waals surface area contributed by atoms with E-state index in [2.05, 4.69) is 31.0 Å². The van der Waals surface area contributed by atoms with Gasteiger partial charge in [0, 0.05) is 17.2 Å². The van der Waals surface area contributed by atoms with Gasteiger partial charge in [-0.25, -0.2) is 0 Å². The first-order valence-corrected chi connectivity index (χ1v) is 7.10. The van der Waals surface area contributed by atoms with Gasteiger partial charge in [0.05, 0.1) is 6.54 Å². The molecule has 0 fully saturated rings. The second kappa shape index (κ2) is 7.72. The van der Waals surface area contributed by atoms with E-state index in [0.29, 0.717) is 18.0 Å². The van der Waals surface area contributed by atoms with E-state index in [1.807, 2.05) is 32.0 Å². The maximum absolute atomic E-state index is 12.2. The predicted molar refractivity (Wildman–Crippen MR) is 83.5 cm³/mol. The molecule has 0 aliphatic carbocycles. The SMILES string of the molecule is CCC(C)C(C)NC(=O)c1ccc(C)c(C#CCN)c1. The van der Waals surface area contributed by atoms with Crippen molar-refractivity contribution in [3.63, 3.8) is 0 Å². The molecule has 0 saturated heterocycles. The highest BCUT2D eigenvalue weighted by Gasteiger charge is 2.14. The highest BCUT2D eigenvalue weighted by Crippen LogP contribution is 2.12. The number of hydrogen-bond acceptors (Lipinski definition) is 2. The van der Waals surface area contributed by atoms with Crippen LogP contribution >= 0.6 is 0 Å². The quantitative estimate of drug-likeness (QED) is 0.827. The third-order valence-electron chi connectivity index (χ3n) is 3.68. The normalized spacial score (nSPS) is 13.1. The molecular formula is C17H24N2O. The van der Waals surface area contributed by atoms with Gasteiger partial charge >= 0.3 is 0 Å². The molecule has 0 heterocycles. The van der Waals surface area contributed by atoms with Gasteiger partial charge in [0.2, 0.25) is 0 Å². The Morgan fingerprint density at radius 2 is 2.10 bits per heavy atom. The van der Waals surface area contributed by atoms with Gasteiger partial charge < -0.3 is 11.1 Å². The van der Waals surface area contributed by atoms with E-state index < -0.39 is 0 Å². The minimum atomic E-state index is -0.0476. The summed E-state index contributed by atoms with van der Waals surface area (Å²) in [4.78, 5) is 12.2. The molecular weight excluding hydrogens is 248 g/mol. The first kappa shape index (κ1) is 16.3. The summed E-state index contributed by atoms with van der Waals surface area (Å²) in [6, 6.07) is 5.74. The first-order chi connectivity index (χ1) is 9.49. The first-order valence-electron chi connectivity index (χ1n) is 7.10. The summed E-state index contributed by atoms with van der Waals surface area (Å²) in [6.45, 7) is 8.60. The van der Waals surface area contributed by atoms with Crippen molar-refractivity contribution < 1.29 is 4.79 Å². The number of rotatable bonds is 4. The van der Waals surface area contributed by atoms with E-state index >= 15 is 0 Å². The Bertz CT molecular complexity index is 526. The predicted octanol–water partition coefficient (Wildman–Crippen LogP) is 2.47. The van der Waals surface area contributed by atoms with Gasteiger partial charge in [-0.1, -0.05) is 38.2 Å². The van der Waals surface area contributed by atoms with Crippen LogP contribution in [-0.4, -0.2) is 18.5 Å². The highest BCUT2D eigenvalue weighted by atomic mass is 16.1. The van der Waals surface area contributed by atoms with Crippen molar-refractivity contribution in [3.8, 4) is 11.8 Å². The summed E-state index contributed by atoms with van der Waals surface area (Å²) in [5.74, 6) is 6.24. The number of benzene rings is 1. The molecule has 0 saturated carbocycles. The van der Waals surface area contributed by atoms with Crippen molar-refractivity contribution in [2.24, 2.45) is 11.7 Å². The van der Waals surface area contributed by atoms with Crippen LogP contribution in [0.4, 0.5) is 0 Å². The molecule has 2 unspecified atom stereocenters. The minimum absolute atomic E-state index is 0.0476. The largest absolute Gasteiger partial charge is 0.349 e. The number of carbonyl (C=O) groups excluding carboxylic acids is 1. The van der Waals surface area contributed by atoms with Crippen molar-refractivity contribution >= 4 is 5.91 Å². The molecule has 3 nitrogen and oxygen atoms in total. The van der Waals surface area contributed by atoms with Crippen LogP contribution in [0.3, 0.4) is 0 Å². The van der Waals surface area contributed by atoms with Crippen LogP contribution in [0.1, 0.15) is 48.7 Å². The topological polar surface area (TPSA) is 55.1 Å². The Labute approximate surface area is 121 Å². The lowest BCUT2D eigenvalue weighted by atomic mass is 10.00. The molecule has 0 bridgehead atoms. The lowest BCUT2D eigenvalue weighted by Gasteiger charge is -2.20. The fourth-order valence-corrected chi connectivity index (χ4v) is 1.83. The average Bonchev–Trinajstić information content (AvgIpc) is 2.45. The Morgan fingerprint density at radius 3 is 2.70 bits per heavy atom. The van der Waals surface area contributed by atoms with Crippen LogP contribution in [0.15, 0.2) is 18.2 Å². The molecule has 3 N–H and O–H groups in total. The van der Waals surface area contributed by atoms with E-state index in [4.69, 9.17) is 5.73 Å². The third-order valence-corrected chi connectivity index (χ3v) is 3.68. The van der Waals surface area contributed by atoms with Crippen LogP contribution < -0.4 is 11.1 Å². The zero-order valence-electron chi connectivity index (χ0n) is 12.8.